The number of methoxy groups -OCH3 is 1. The van der Waals surface area contributed by atoms with Crippen LogP contribution in [0.3, 0.4) is 0 Å². The van der Waals surface area contributed by atoms with Gasteiger partial charge in [-0.25, -0.2) is 14.3 Å². The van der Waals surface area contributed by atoms with Gasteiger partial charge in [0.1, 0.15) is 23.2 Å². The minimum absolute atomic E-state index is 0.134. The summed E-state index contributed by atoms with van der Waals surface area (Å²) in [5.41, 5.74) is 2.03. The fourth-order valence-corrected chi connectivity index (χ4v) is 4.98. The highest BCUT2D eigenvalue weighted by atomic mass is 32.1. The number of aryl methyl sites for hydroxylation is 1. The van der Waals surface area contributed by atoms with Crippen molar-refractivity contribution >= 4 is 28.2 Å². The molecule has 0 bridgehead atoms. The van der Waals surface area contributed by atoms with Crippen LogP contribution in [-0.4, -0.2) is 38.4 Å². The molecule has 2 aromatic carbocycles. The van der Waals surface area contributed by atoms with E-state index in [0.717, 1.165) is 27.0 Å². The summed E-state index contributed by atoms with van der Waals surface area (Å²) in [6, 6.07) is 13.4. The number of nitrogens with one attached hydrogen (secondary N) is 2. The number of ether oxygens (including phenoxy) is 1. The maximum atomic E-state index is 13.6. The summed E-state index contributed by atoms with van der Waals surface area (Å²) in [5.74, 6) is -0.870. The second-order valence-corrected chi connectivity index (χ2v) is 9.49. The Hall–Kier alpha value is -4.18. The fourth-order valence-electron chi connectivity index (χ4n) is 4.26. The van der Waals surface area contributed by atoms with Gasteiger partial charge in [0.25, 0.3) is 0 Å². The third-order valence-electron chi connectivity index (χ3n) is 6.27. The first kappa shape index (κ1) is 25.9. The molecular weight excluding hydrogens is 492 g/mol. The molecule has 0 spiro atoms. The molecule has 0 aliphatic carbocycles. The van der Waals surface area contributed by atoms with Gasteiger partial charge in [0, 0.05) is 23.3 Å². The Balaban J connectivity index is 1.77. The zero-order valence-corrected chi connectivity index (χ0v) is 21.8. The van der Waals surface area contributed by atoms with E-state index in [1.165, 1.54) is 0 Å². The Bertz CT molecular complexity index is 1490. The van der Waals surface area contributed by atoms with E-state index in [4.69, 9.17) is 4.74 Å². The summed E-state index contributed by atoms with van der Waals surface area (Å²) in [5, 5.41) is 15.8. The monoisotopic (exact) mass is 520 g/mol. The van der Waals surface area contributed by atoms with E-state index in [-0.39, 0.29) is 28.2 Å². The van der Waals surface area contributed by atoms with Crippen molar-refractivity contribution in [3.63, 3.8) is 0 Å². The van der Waals surface area contributed by atoms with Crippen LogP contribution in [0.15, 0.2) is 58.7 Å². The molecule has 0 aliphatic heterocycles. The molecule has 0 unspecified atom stereocenters. The first-order valence-corrected chi connectivity index (χ1v) is 12.7. The Labute approximate surface area is 217 Å². The second kappa shape index (κ2) is 10.8. The maximum Gasteiger partial charge on any atom is 0.329 e. The fraction of sp³-hybridized carbons (Fsp3) is 0.259. The van der Waals surface area contributed by atoms with Gasteiger partial charge in [0.15, 0.2) is 10.9 Å². The molecule has 9 nitrogen and oxygen atoms in total. The molecule has 10 heteroatoms. The number of imidazole rings is 1. The number of aromatic amines is 1. The Morgan fingerprint density at radius 1 is 1.22 bits per heavy atom. The van der Waals surface area contributed by atoms with E-state index in [1.54, 1.807) is 37.6 Å². The predicted molar refractivity (Wildman–Crippen MR) is 143 cm³/mol. The van der Waals surface area contributed by atoms with Gasteiger partial charge >= 0.3 is 5.69 Å². The molecule has 2 heterocycles. The molecule has 0 saturated heterocycles. The van der Waals surface area contributed by atoms with Crippen LogP contribution in [0.1, 0.15) is 53.8 Å². The number of H-pyrrole nitrogens is 1. The van der Waals surface area contributed by atoms with Gasteiger partial charge in [-0.2, -0.15) is 0 Å². The number of nitrogens with zero attached hydrogens (tertiary/aromatic N) is 2. The summed E-state index contributed by atoms with van der Waals surface area (Å²) in [6.45, 7) is 5.40. The topological polar surface area (TPSA) is 126 Å². The quantitative estimate of drug-likeness (QED) is 0.270. The van der Waals surface area contributed by atoms with Crippen molar-refractivity contribution in [2.24, 2.45) is 0 Å². The van der Waals surface area contributed by atoms with Crippen molar-refractivity contribution in [2.75, 3.05) is 12.4 Å². The SMILES string of the molecule is CCC(=O)c1csc(NC(=O)[C@H]([C@@H](C)c2ccccc2)n2c(O)c(-c3ccc(OC)c(C)c3)[nH]c2=O)n1. The average Bonchev–Trinajstić information content (AvgIpc) is 3.48. The lowest BCUT2D eigenvalue weighted by molar-refractivity contribution is -0.120. The van der Waals surface area contributed by atoms with Gasteiger partial charge in [-0.1, -0.05) is 44.2 Å². The van der Waals surface area contributed by atoms with E-state index in [1.807, 2.05) is 44.2 Å². The summed E-state index contributed by atoms with van der Waals surface area (Å²) >= 11 is 1.12. The molecule has 3 N–H and O–H groups in total. The van der Waals surface area contributed by atoms with Crippen LogP contribution in [0.25, 0.3) is 11.3 Å². The van der Waals surface area contributed by atoms with E-state index in [0.29, 0.717) is 17.7 Å². The molecule has 0 radical (unpaired) electrons. The van der Waals surface area contributed by atoms with Crippen LogP contribution in [-0.2, 0) is 4.79 Å². The Morgan fingerprint density at radius 3 is 2.59 bits per heavy atom. The lowest BCUT2D eigenvalue weighted by Crippen LogP contribution is -2.35. The summed E-state index contributed by atoms with van der Waals surface area (Å²) in [6.07, 6.45) is 0.297. The Morgan fingerprint density at radius 2 is 1.95 bits per heavy atom. The lowest BCUT2D eigenvalue weighted by atomic mass is 9.92. The van der Waals surface area contributed by atoms with Crippen molar-refractivity contribution in [1.29, 1.82) is 0 Å². The third kappa shape index (κ3) is 5.19. The number of hydrogen-bond donors (Lipinski definition) is 3. The number of amides is 1. The predicted octanol–water partition coefficient (Wildman–Crippen LogP) is 4.90. The Kier molecular flexibility index (Phi) is 7.58. The van der Waals surface area contributed by atoms with Crippen molar-refractivity contribution in [3.8, 4) is 22.9 Å². The smallest absolute Gasteiger partial charge is 0.329 e. The largest absolute Gasteiger partial charge is 0.496 e. The molecule has 37 heavy (non-hydrogen) atoms. The molecule has 2 aromatic heterocycles. The van der Waals surface area contributed by atoms with Gasteiger partial charge in [-0.05, 0) is 36.2 Å². The van der Waals surface area contributed by atoms with Crippen LogP contribution in [0.5, 0.6) is 11.6 Å². The number of hydrogen-bond acceptors (Lipinski definition) is 7. The van der Waals surface area contributed by atoms with Crippen LogP contribution in [0.4, 0.5) is 5.13 Å². The highest BCUT2D eigenvalue weighted by Crippen LogP contribution is 2.36. The number of benzene rings is 2. The minimum Gasteiger partial charge on any atom is -0.496 e. The zero-order valence-electron chi connectivity index (χ0n) is 20.9. The van der Waals surface area contributed by atoms with Crippen molar-refractivity contribution in [2.45, 2.75) is 39.2 Å². The number of ketones is 1. The normalized spacial score (nSPS) is 12.6. The number of aromatic hydroxyl groups is 1. The number of carbonyl (C=O) groups is 2. The molecule has 1 amide bonds. The molecule has 4 aromatic rings. The number of carbonyl (C=O) groups excluding carboxylic acids is 2. The molecule has 4 rings (SSSR count). The highest BCUT2D eigenvalue weighted by Gasteiger charge is 2.34. The van der Waals surface area contributed by atoms with Gasteiger partial charge in [-0.3, -0.25) is 9.59 Å². The molecular formula is C27H28N4O5S. The molecule has 0 saturated carbocycles. The number of aromatic nitrogens is 3. The second-order valence-electron chi connectivity index (χ2n) is 8.63. The first-order chi connectivity index (χ1) is 17.7. The molecule has 0 fully saturated rings. The first-order valence-electron chi connectivity index (χ1n) is 11.8. The van der Waals surface area contributed by atoms with E-state index in [9.17, 15) is 19.5 Å². The van der Waals surface area contributed by atoms with Gasteiger partial charge in [-0.15, -0.1) is 11.3 Å². The van der Waals surface area contributed by atoms with Crippen molar-refractivity contribution in [3.05, 3.63) is 81.2 Å². The van der Waals surface area contributed by atoms with E-state index in [2.05, 4.69) is 15.3 Å². The van der Waals surface area contributed by atoms with Crippen molar-refractivity contribution < 1.29 is 19.4 Å². The average molecular weight is 521 g/mol. The number of rotatable bonds is 9. The zero-order chi connectivity index (χ0) is 26.7. The van der Waals surface area contributed by atoms with Gasteiger partial charge in [0.05, 0.1) is 7.11 Å². The van der Waals surface area contributed by atoms with Crippen LogP contribution in [0.2, 0.25) is 0 Å². The van der Waals surface area contributed by atoms with Crippen LogP contribution < -0.4 is 15.7 Å². The minimum atomic E-state index is -1.12. The van der Waals surface area contributed by atoms with Gasteiger partial charge < -0.3 is 20.1 Å². The van der Waals surface area contributed by atoms with Crippen molar-refractivity contribution in [1.82, 2.24) is 14.5 Å². The number of anilines is 1. The molecule has 2 atom stereocenters. The summed E-state index contributed by atoms with van der Waals surface area (Å²) in [7, 11) is 1.57. The van der Waals surface area contributed by atoms with Gasteiger partial charge in [0.2, 0.25) is 11.8 Å². The number of Topliss-reactive ketones (excluding diaryl/α,β-unsaturated/α-hetero) is 1. The number of thiazole rings is 1. The lowest BCUT2D eigenvalue weighted by Gasteiger charge is -2.24. The van der Waals surface area contributed by atoms with Crippen LogP contribution in [0, 0.1) is 6.92 Å². The van der Waals surface area contributed by atoms with E-state index < -0.39 is 23.6 Å². The third-order valence-corrected chi connectivity index (χ3v) is 7.03. The summed E-state index contributed by atoms with van der Waals surface area (Å²) in [4.78, 5) is 45.7. The standard InChI is InChI=1S/C27H28N4O5S/c1-5-20(32)19-14-37-26(28-19)30-24(33)23(16(3)17-9-7-6-8-10-17)31-25(34)22(29-27(31)35)18-11-12-21(36-4)15(2)13-18/h6-14,16,23,34H,5H2,1-4H3,(H,29,35)(H,28,30,33)/t16-,23-/m0/s1. The van der Waals surface area contributed by atoms with Crippen LogP contribution >= 0.6 is 11.3 Å². The summed E-state index contributed by atoms with van der Waals surface area (Å²) < 4.78 is 6.37. The highest BCUT2D eigenvalue weighted by molar-refractivity contribution is 7.14. The maximum absolute atomic E-state index is 13.6. The molecule has 0 aliphatic rings. The molecule has 192 valence electrons. The van der Waals surface area contributed by atoms with E-state index >= 15 is 0 Å².